The van der Waals surface area contributed by atoms with Crippen LogP contribution in [0.25, 0.3) is 0 Å². The zero-order valence-electron chi connectivity index (χ0n) is 30.0. The molecule has 4 N–H and O–H groups in total. The van der Waals surface area contributed by atoms with Crippen LogP contribution in [0.1, 0.15) is 52.4 Å². The van der Waals surface area contributed by atoms with Crippen LogP contribution in [0.2, 0.25) is 0 Å². The summed E-state index contributed by atoms with van der Waals surface area (Å²) >= 11 is 5.51. The number of aromatic hydroxyl groups is 1. The first-order chi connectivity index (χ1) is 25.1. The van der Waals surface area contributed by atoms with Crippen molar-refractivity contribution in [1.82, 2.24) is 20.4 Å². The van der Waals surface area contributed by atoms with Crippen LogP contribution in [0.4, 0.5) is 5.69 Å². The lowest BCUT2D eigenvalue weighted by Gasteiger charge is -2.60. The summed E-state index contributed by atoms with van der Waals surface area (Å²) in [5, 5.41) is 32.4. The molecule has 4 aliphatic rings. The van der Waals surface area contributed by atoms with Gasteiger partial charge in [-0.25, -0.2) is 0 Å². The number of ether oxygens (including phenoxy) is 4. The van der Waals surface area contributed by atoms with E-state index in [1.807, 2.05) is 51.2 Å². The highest BCUT2D eigenvalue weighted by Crippen LogP contribution is 2.58. The molecular weight excluding hydrogens is 681 g/mol. The number of methoxy groups -OCH3 is 1. The largest absolute Gasteiger partial charge is 0.504 e. The van der Waals surface area contributed by atoms with E-state index in [0.717, 1.165) is 39.1 Å². The molecule has 0 spiro atoms. The maximum Gasteiger partial charge on any atom is 0.242 e. The molecule has 2 bridgehead atoms. The third-order valence-electron chi connectivity index (χ3n) is 10.9. The second-order valence-electron chi connectivity index (χ2n) is 13.8. The average Bonchev–Trinajstić information content (AvgIpc) is 3.62. The molecule has 0 saturated carbocycles. The van der Waals surface area contributed by atoms with Gasteiger partial charge in [-0.05, 0) is 76.1 Å². The van der Waals surface area contributed by atoms with Gasteiger partial charge in [-0.1, -0.05) is 36.9 Å². The van der Waals surface area contributed by atoms with E-state index in [9.17, 15) is 15.2 Å². The maximum atomic E-state index is 13.8. The summed E-state index contributed by atoms with van der Waals surface area (Å²) < 4.78 is 24.3. The molecule has 0 aliphatic carbocycles. The highest BCUT2D eigenvalue weighted by Gasteiger charge is 2.56. The van der Waals surface area contributed by atoms with E-state index in [2.05, 4.69) is 44.5 Å². The molecule has 4 aliphatic heterocycles. The van der Waals surface area contributed by atoms with Crippen LogP contribution in [0, 0.1) is 25.2 Å². The molecule has 12 nitrogen and oxygen atoms in total. The molecule has 2 unspecified atom stereocenters. The Hall–Kier alpha value is -5.03. The van der Waals surface area contributed by atoms with Crippen molar-refractivity contribution in [2.75, 3.05) is 39.4 Å². The number of fused-ring (bicyclic) bond motifs is 9. The van der Waals surface area contributed by atoms with Crippen molar-refractivity contribution in [3.63, 3.8) is 0 Å². The number of phenolic OH excluding ortho intramolecular Hbond substituents is 1. The first-order valence-corrected chi connectivity index (χ1v) is 17.9. The summed E-state index contributed by atoms with van der Waals surface area (Å²) in [6.45, 7) is 9.96. The molecule has 3 aromatic rings. The van der Waals surface area contributed by atoms with E-state index in [4.69, 9.17) is 31.2 Å². The summed E-state index contributed by atoms with van der Waals surface area (Å²) in [6.07, 6.45) is 2.74. The number of carbonyl (C=O) groups is 1. The molecule has 0 aromatic heterocycles. The number of amides is 1. The number of likely N-dealkylation sites (N-methyl/N-ethyl adjacent to an activating group) is 1. The highest BCUT2D eigenvalue weighted by atomic mass is 32.1. The number of thiocarbonyl (C=S) groups is 1. The molecule has 1 saturated heterocycles. The van der Waals surface area contributed by atoms with Gasteiger partial charge < -0.3 is 40.0 Å². The Balaban J connectivity index is 1.31. The van der Waals surface area contributed by atoms with Gasteiger partial charge >= 0.3 is 0 Å². The molecule has 3 aromatic carbocycles. The van der Waals surface area contributed by atoms with Gasteiger partial charge in [0.05, 0.1) is 25.3 Å². The van der Waals surface area contributed by atoms with Crippen LogP contribution in [0.15, 0.2) is 49.1 Å². The monoisotopic (exact) mass is 724 g/mol. The van der Waals surface area contributed by atoms with E-state index in [1.165, 1.54) is 0 Å². The first-order valence-electron chi connectivity index (χ1n) is 17.5. The van der Waals surface area contributed by atoms with Crippen molar-refractivity contribution in [2.45, 2.75) is 69.9 Å². The zero-order chi connectivity index (χ0) is 36.8. The third kappa shape index (κ3) is 5.84. The van der Waals surface area contributed by atoms with Crippen LogP contribution >= 0.6 is 12.2 Å². The molecule has 4 heterocycles. The number of rotatable bonds is 9. The lowest BCUT2D eigenvalue weighted by molar-refractivity contribution is -0.123. The fourth-order valence-electron chi connectivity index (χ4n) is 8.67. The number of nitrogens with one attached hydrogen (secondary N) is 3. The Kier molecular flexibility index (Phi) is 9.65. The molecule has 6 atom stereocenters. The Morgan fingerprint density at radius 3 is 2.63 bits per heavy atom. The third-order valence-corrected chi connectivity index (χ3v) is 11.1. The molecule has 272 valence electrons. The van der Waals surface area contributed by atoms with Gasteiger partial charge in [-0.15, -0.1) is 0 Å². The Labute approximate surface area is 309 Å². The predicted octanol–water partition coefficient (Wildman–Crippen LogP) is 4.57. The van der Waals surface area contributed by atoms with Crippen molar-refractivity contribution in [3.05, 3.63) is 82.4 Å². The number of hydrogen-bond donors (Lipinski definition) is 4. The lowest BCUT2D eigenvalue weighted by atomic mass is 9.71. The Bertz CT molecular complexity index is 1970. The van der Waals surface area contributed by atoms with Gasteiger partial charge in [0.1, 0.15) is 24.4 Å². The van der Waals surface area contributed by atoms with Crippen molar-refractivity contribution >= 4 is 28.9 Å². The molecule has 1 fully saturated rings. The number of carbonyl (C=O) groups excluding carboxylic acids is 1. The number of anilines is 1. The number of nitrogens with zero attached hydrogens (tertiary/aromatic N) is 3. The van der Waals surface area contributed by atoms with Gasteiger partial charge in [-0.2, -0.15) is 5.26 Å². The number of para-hydroxylation sites is 1. The number of nitriles is 1. The fourth-order valence-corrected chi connectivity index (χ4v) is 8.96. The molecule has 0 radical (unpaired) electrons. The van der Waals surface area contributed by atoms with Crippen LogP contribution in [-0.4, -0.2) is 84.2 Å². The second kappa shape index (κ2) is 14.2. The minimum absolute atomic E-state index is 0.0406. The molecular formula is C39H44N6O6S. The standard InChI is InChI=1S/C39H44N6O6S/c1-7-13-49-35-21(3)36-37(51-19-50-36)31-25(35)16-27-32-30-23(14-20(2)34(48-6)33(30)46)15-26(44(32)5)28(17-40)45(27)29(31)18-41-38(47)22(4)42-39(52)43-24-11-9-8-10-12-24/h7-12,14,22,26-29,32,46H,1,13,15-16,18-19H2,2-6H3,(H,41,47)(H2,42,43,52)/t22-,26-,27?,28?,29-,32-/m0/s1. The number of benzene rings is 3. The topological polar surface area (TPSA) is 141 Å². The molecule has 52 heavy (non-hydrogen) atoms. The number of aryl methyl sites for hydroxylation is 1. The zero-order valence-corrected chi connectivity index (χ0v) is 30.8. The van der Waals surface area contributed by atoms with Crippen LogP contribution in [0.5, 0.6) is 28.7 Å². The van der Waals surface area contributed by atoms with E-state index < -0.39 is 18.1 Å². The fraction of sp³-hybridized carbons (Fsp3) is 0.410. The summed E-state index contributed by atoms with van der Waals surface area (Å²) in [6, 6.07) is 11.7. The predicted molar refractivity (Wildman–Crippen MR) is 200 cm³/mol. The van der Waals surface area contributed by atoms with Crippen LogP contribution in [-0.2, 0) is 17.6 Å². The quantitative estimate of drug-likeness (QED) is 0.182. The lowest BCUT2D eigenvalue weighted by Crippen LogP contribution is -2.69. The van der Waals surface area contributed by atoms with Crippen LogP contribution < -0.4 is 34.9 Å². The number of piperazine rings is 1. The van der Waals surface area contributed by atoms with Crippen molar-refractivity contribution in [1.29, 1.82) is 5.26 Å². The average molecular weight is 725 g/mol. The molecule has 13 heteroatoms. The first kappa shape index (κ1) is 35.4. The van der Waals surface area contributed by atoms with Crippen molar-refractivity contribution in [2.24, 2.45) is 0 Å². The van der Waals surface area contributed by atoms with Crippen molar-refractivity contribution in [3.8, 4) is 34.8 Å². The van der Waals surface area contributed by atoms with Gasteiger partial charge in [0.2, 0.25) is 12.7 Å². The Morgan fingerprint density at radius 2 is 1.92 bits per heavy atom. The summed E-state index contributed by atoms with van der Waals surface area (Å²) in [5.74, 6) is 2.14. The van der Waals surface area contributed by atoms with E-state index in [-0.39, 0.29) is 49.7 Å². The molecule has 7 rings (SSSR count). The van der Waals surface area contributed by atoms with E-state index in [0.29, 0.717) is 41.0 Å². The number of hydrogen-bond acceptors (Lipinski definition) is 10. The minimum atomic E-state index is -0.671. The van der Waals surface area contributed by atoms with Gasteiger partial charge in [-0.3, -0.25) is 14.6 Å². The van der Waals surface area contributed by atoms with E-state index >= 15 is 0 Å². The van der Waals surface area contributed by atoms with Crippen LogP contribution in [0.3, 0.4) is 0 Å². The van der Waals surface area contributed by atoms with Gasteiger partial charge in [0.15, 0.2) is 28.1 Å². The SMILES string of the molecule is C=CCOc1c(C)c2c(c3c1CC1[C@H]4c5c(cc(C)c(OC)c5O)C[C@@H](C(C#N)N1[C@H]3CNC(=O)[C@H](C)NC(=S)Nc1ccccc1)N4C)OCO2. The summed E-state index contributed by atoms with van der Waals surface area (Å²) in [7, 11) is 3.59. The highest BCUT2D eigenvalue weighted by molar-refractivity contribution is 7.80. The Morgan fingerprint density at radius 1 is 1.17 bits per heavy atom. The maximum absolute atomic E-state index is 13.8. The van der Waals surface area contributed by atoms with E-state index in [1.54, 1.807) is 20.1 Å². The molecule has 1 amide bonds. The summed E-state index contributed by atoms with van der Waals surface area (Å²) in [5.41, 5.74) is 5.99. The normalized spacial score (nSPS) is 23.2. The summed E-state index contributed by atoms with van der Waals surface area (Å²) in [4.78, 5) is 18.2. The smallest absolute Gasteiger partial charge is 0.242 e. The van der Waals surface area contributed by atoms with Crippen molar-refractivity contribution < 1.29 is 28.8 Å². The minimum Gasteiger partial charge on any atom is -0.504 e. The second-order valence-corrected chi connectivity index (χ2v) is 14.2. The van der Waals surface area contributed by atoms with Gasteiger partial charge in [0.25, 0.3) is 0 Å². The number of phenols is 1. The van der Waals surface area contributed by atoms with Gasteiger partial charge in [0, 0.05) is 46.6 Å².